The molecular weight excluding hydrogens is 304 g/mol. The molecular formula is C18H24N4O2. The molecule has 1 aliphatic carbocycles. The van der Waals surface area contributed by atoms with E-state index >= 15 is 0 Å². The highest BCUT2D eigenvalue weighted by Gasteiger charge is 2.51. The number of ether oxygens (including phenoxy) is 2. The van der Waals surface area contributed by atoms with Gasteiger partial charge in [-0.1, -0.05) is 6.07 Å². The molecule has 0 unspecified atom stereocenters. The molecule has 1 saturated carbocycles. The van der Waals surface area contributed by atoms with Gasteiger partial charge in [0.1, 0.15) is 6.10 Å². The fourth-order valence-corrected chi connectivity index (χ4v) is 4.23. The second kappa shape index (κ2) is 6.53. The molecule has 1 N–H and O–H groups in total. The Bertz CT molecular complexity index is 648. The molecule has 0 amide bonds. The van der Waals surface area contributed by atoms with E-state index in [0.717, 1.165) is 44.5 Å². The Labute approximate surface area is 142 Å². The zero-order valence-corrected chi connectivity index (χ0v) is 14.0. The first-order valence-corrected chi connectivity index (χ1v) is 8.63. The maximum atomic E-state index is 6.12. The second-order valence-corrected chi connectivity index (χ2v) is 6.76. The summed E-state index contributed by atoms with van der Waals surface area (Å²) < 4.78 is 12.1. The first-order valence-electron chi connectivity index (χ1n) is 8.63. The molecule has 4 rings (SSSR count). The summed E-state index contributed by atoms with van der Waals surface area (Å²) in [7, 11) is 1.85. The van der Waals surface area contributed by atoms with Crippen LogP contribution in [0.15, 0.2) is 36.9 Å². The number of H-pyrrole nitrogens is 1. The third-order valence-electron chi connectivity index (χ3n) is 5.51. The van der Waals surface area contributed by atoms with Gasteiger partial charge < -0.3 is 14.5 Å². The Morgan fingerprint density at radius 2 is 2.33 bits per heavy atom. The lowest BCUT2D eigenvalue weighted by Gasteiger charge is -2.43. The van der Waals surface area contributed by atoms with Crippen molar-refractivity contribution < 1.29 is 9.47 Å². The van der Waals surface area contributed by atoms with Gasteiger partial charge in [0.25, 0.3) is 0 Å². The minimum atomic E-state index is -0.0377. The van der Waals surface area contributed by atoms with Crippen molar-refractivity contribution in [2.75, 3.05) is 13.7 Å². The summed E-state index contributed by atoms with van der Waals surface area (Å²) in [5.74, 6) is 0.713. The molecule has 24 heavy (non-hydrogen) atoms. The van der Waals surface area contributed by atoms with Crippen molar-refractivity contribution in [1.29, 1.82) is 0 Å². The van der Waals surface area contributed by atoms with Crippen LogP contribution in [-0.4, -0.2) is 51.3 Å². The number of aromatic nitrogens is 3. The van der Waals surface area contributed by atoms with E-state index in [1.165, 1.54) is 0 Å². The van der Waals surface area contributed by atoms with Crippen LogP contribution in [0.1, 0.15) is 31.4 Å². The summed E-state index contributed by atoms with van der Waals surface area (Å²) >= 11 is 0. The van der Waals surface area contributed by atoms with Crippen LogP contribution in [0.5, 0.6) is 5.88 Å². The minimum Gasteiger partial charge on any atom is -0.474 e. The molecule has 6 nitrogen and oxygen atoms in total. The maximum absolute atomic E-state index is 6.12. The zero-order valence-electron chi connectivity index (χ0n) is 14.0. The number of imidazole rings is 1. The highest BCUT2D eigenvalue weighted by molar-refractivity contribution is 5.12. The van der Waals surface area contributed by atoms with Crippen molar-refractivity contribution in [2.45, 2.75) is 50.0 Å². The molecule has 3 heterocycles. The number of hydrogen-bond acceptors (Lipinski definition) is 5. The van der Waals surface area contributed by atoms with Crippen LogP contribution in [0.25, 0.3) is 0 Å². The third-order valence-corrected chi connectivity index (χ3v) is 5.51. The van der Waals surface area contributed by atoms with E-state index in [-0.39, 0.29) is 11.7 Å². The smallest absolute Gasteiger partial charge is 0.213 e. The molecule has 2 aromatic rings. The van der Waals surface area contributed by atoms with Gasteiger partial charge in [0.2, 0.25) is 5.88 Å². The predicted molar refractivity (Wildman–Crippen MR) is 89.6 cm³/mol. The van der Waals surface area contributed by atoms with E-state index < -0.39 is 0 Å². The van der Waals surface area contributed by atoms with Gasteiger partial charge in [-0.25, -0.2) is 9.97 Å². The topological polar surface area (TPSA) is 63.3 Å². The van der Waals surface area contributed by atoms with Crippen LogP contribution >= 0.6 is 0 Å². The van der Waals surface area contributed by atoms with E-state index in [4.69, 9.17) is 9.47 Å². The molecule has 3 atom stereocenters. The van der Waals surface area contributed by atoms with Gasteiger partial charge >= 0.3 is 0 Å². The van der Waals surface area contributed by atoms with Gasteiger partial charge in [-0.05, 0) is 25.3 Å². The van der Waals surface area contributed by atoms with E-state index in [0.29, 0.717) is 11.9 Å². The van der Waals surface area contributed by atoms with Crippen LogP contribution in [-0.2, 0) is 11.3 Å². The van der Waals surface area contributed by atoms with Gasteiger partial charge in [0.15, 0.2) is 0 Å². The van der Waals surface area contributed by atoms with Crippen molar-refractivity contribution >= 4 is 0 Å². The third kappa shape index (κ3) is 2.91. The first-order chi connectivity index (χ1) is 11.8. The van der Waals surface area contributed by atoms with E-state index in [1.54, 1.807) is 12.5 Å². The highest BCUT2D eigenvalue weighted by Crippen LogP contribution is 2.43. The molecule has 6 heteroatoms. The van der Waals surface area contributed by atoms with Gasteiger partial charge in [0, 0.05) is 56.8 Å². The Morgan fingerprint density at radius 1 is 1.38 bits per heavy atom. The number of fused-ring (bicyclic) bond motifs is 1. The van der Waals surface area contributed by atoms with Gasteiger partial charge in [-0.15, -0.1) is 0 Å². The molecule has 1 aliphatic heterocycles. The fraction of sp³-hybridized carbons (Fsp3) is 0.556. The highest BCUT2D eigenvalue weighted by atomic mass is 16.5. The number of nitrogens with zero attached hydrogens (tertiary/aromatic N) is 3. The number of rotatable bonds is 5. The Balaban J connectivity index is 1.48. The summed E-state index contributed by atoms with van der Waals surface area (Å²) in [6.45, 7) is 1.93. The number of likely N-dealkylation sites (tertiary alicyclic amines) is 1. The van der Waals surface area contributed by atoms with Crippen LogP contribution < -0.4 is 4.74 Å². The molecule has 0 bridgehead atoms. The second-order valence-electron chi connectivity index (χ2n) is 6.76. The minimum absolute atomic E-state index is 0.0377. The molecule has 2 aromatic heterocycles. The van der Waals surface area contributed by atoms with E-state index in [2.05, 4.69) is 19.9 Å². The number of aromatic amines is 1. The van der Waals surface area contributed by atoms with Crippen LogP contribution in [0.4, 0.5) is 0 Å². The number of pyridine rings is 1. The monoisotopic (exact) mass is 328 g/mol. The van der Waals surface area contributed by atoms with Gasteiger partial charge in [-0.2, -0.15) is 0 Å². The fourth-order valence-electron chi connectivity index (χ4n) is 4.23. The summed E-state index contributed by atoms with van der Waals surface area (Å²) in [6.07, 6.45) is 9.70. The molecule has 128 valence electrons. The molecule has 1 saturated heterocycles. The number of methoxy groups -OCH3 is 1. The SMILES string of the molecule is CO[C@@]12CC[C@@H](Oc3ccccn3)C[C@@H]1N(Cc1cnc[nH]1)CC2. The average Bonchev–Trinajstić information content (AvgIpc) is 3.25. The van der Waals surface area contributed by atoms with Crippen LogP contribution in [0.3, 0.4) is 0 Å². The van der Waals surface area contributed by atoms with Crippen molar-refractivity contribution in [2.24, 2.45) is 0 Å². The van der Waals surface area contributed by atoms with Gasteiger partial charge in [0.05, 0.1) is 11.9 Å². The first kappa shape index (κ1) is 15.6. The Kier molecular flexibility index (Phi) is 4.24. The zero-order chi connectivity index (χ0) is 16.4. The quantitative estimate of drug-likeness (QED) is 0.913. The maximum Gasteiger partial charge on any atom is 0.213 e. The largest absolute Gasteiger partial charge is 0.474 e. The molecule has 2 aliphatic rings. The van der Waals surface area contributed by atoms with Crippen LogP contribution in [0, 0.1) is 0 Å². The molecule has 2 fully saturated rings. The average molecular weight is 328 g/mol. The standard InChI is InChI=1S/C18H24N4O2/c1-23-18-6-5-15(24-17-4-2-3-8-20-17)10-16(18)22(9-7-18)12-14-11-19-13-21-14/h2-4,8,11,13,15-16H,5-7,9-10,12H2,1H3,(H,19,21)/t15-,16+,18-/m1/s1. The molecule has 0 radical (unpaired) electrons. The lowest BCUT2D eigenvalue weighted by molar-refractivity contribution is -0.0844. The summed E-state index contributed by atoms with van der Waals surface area (Å²) in [4.78, 5) is 14.1. The lowest BCUT2D eigenvalue weighted by atomic mass is 9.79. The van der Waals surface area contributed by atoms with E-state index in [9.17, 15) is 0 Å². The van der Waals surface area contributed by atoms with Crippen molar-refractivity contribution in [3.63, 3.8) is 0 Å². The van der Waals surface area contributed by atoms with Crippen molar-refractivity contribution in [3.8, 4) is 5.88 Å². The Hall–Kier alpha value is -1.92. The van der Waals surface area contributed by atoms with Crippen molar-refractivity contribution in [3.05, 3.63) is 42.6 Å². The lowest BCUT2D eigenvalue weighted by Crippen LogP contribution is -2.52. The van der Waals surface area contributed by atoms with E-state index in [1.807, 2.05) is 31.5 Å². The van der Waals surface area contributed by atoms with Crippen molar-refractivity contribution in [1.82, 2.24) is 19.9 Å². The molecule has 0 aromatic carbocycles. The normalized spacial score (nSPS) is 30.2. The summed E-state index contributed by atoms with van der Waals surface area (Å²) in [6, 6.07) is 6.17. The van der Waals surface area contributed by atoms with Crippen LogP contribution in [0.2, 0.25) is 0 Å². The molecule has 0 spiro atoms. The number of nitrogens with one attached hydrogen (secondary N) is 1. The Morgan fingerprint density at radius 3 is 3.08 bits per heavy atom. The number of hydrogen-bond donors (Lipinski definition) is 1. The summed E-state index contributed by atoms with van der Waals surface area (Å²) in [5, 5.41) is 0. The predicted octanol–water partition coefficient (Wildman–Crippen LogP) is 2.40. The summed E-state index contributed by atoms with van der Waals surface area (Å²) in [5.41, 5.74) is 1.11. The van der Waals surface area contributed by atoms with Gasteiger partial charge in [-0.3, -0.25) is 4.90 Å².